The van der Waals surface area contributed by atoms with Gasteiger partial charge in [0.15, 0.2) is 5.82 Å². The lowest BCUT2D eigenvalue weighted by atomic mass is 10.1. The van der Waals surface area contributed by atoms with Gasteiger partial charge in [0.1, 0.15) is 5.76 Å². The minimum absolute atomic E-state index is 0.170. The molecule has 2 aromatic heterocycles. The monoisotopic (exact) mass is 345 g/mol. The SMILES string of the molecule is Cc1ccccc1-n1nnnc1[C@@H](NCc1ccco1)c1ccccc1. The quantitative estimate of drug-likeness (QED) is 0.580. The Morgan fingerprint density at radius 3 is 2.58 bits per heavy atom. The van der Waals surface area contributed by atoms with E-state index in [0.717, 1.165) is 28.4 Å². The van der Waals surface area contributed by atoms with Crippen molar-refractivity contribution in [2.75, 3.05) is 0 Å². The summed E-state index contributed by atoms with van der Waals surface area (Å²) in [7, 11) is 0. The molecular formula is C20H19N5O. The van der Waals surface area contributed by atoms with Gasteiger partial charge in [0, 0.05) is 0 Å². The van der Waals surface area contributed by atoms with Crippen molar-refractivity contribution in [3.05, 3.63) is 95.7 Å². The maximum atomic E-state index is 5.45. The number of nitrogens with one attached hydrogen (secondary N) is 1. The van der Waals surface area contributed by atoms with Gasteiger partial charge in [-0.05, 0) is 46.7 Å². The molecule has 26 heavy (non-hydrogen) atoms. The fraction of sp³-hybridized carbons (Fsp3) is 0.150. The van der Waals surface area contributed by atoms with Crippen LogP contribution >= 0.6 is 0 Å². The number of nitrogens with zero attached hydrogens (tertiary/aromatic N) is 4. The summed E-state index contributed by atoms with van der Waals surface area (Å²) in [6.45, 7) is 2.63. The zero-order valence-electron chi connectivity index (χ0n) is 14.4. The second kappa shape index (κ2) is 7.33. The highest BCUT2D eigenvalue weighted by atomic mass is 16.3. The molecule has 0 amide bonds. The van der Waals surface area contributed by atoms with Gasteiger partial charge in [-0.1, -0.05) is 48.5 Å². The van der Waals surface area contributed by atoms with Gasteiger partial charge in [-0.2, -0.15) is 4.68 Å². The van der Waals surface area contributed by atoms with Crippen molar-refractivity contribution >= 4 is 0 Å². The molecule has 0 aliphatic carbocycles. The number of hydrogen-bond donors (Lipinski definition) is 1. The molecule has 0 radical (unpaired) electrons. The number of tetrazole rings is 1. The summed E-state index contributed by atoms with van der Waals surface area (Å²) < 4.78 is 7.24. The average Bonchev–Trinajstić information content (AvgIpc) is 3.36. The second-order valence-corrected chi connectivity index (χ2v) is 6.04. The highest BCUT2D eigenvalue weighted by Gasteiger charge is 2.22. The molecule has 0 fully saturated rings. The summed E-state index contributed by atoms with van der Waals surface area (Å²) >= 11 is 0. The number of benzene rings is 2. The smallest absolute Gasteiger partial charge is 0.178 e. The van der Waals surface area contributed by atoms with E-state index < -0.39 is 0 Å². The molecule has 0 aliphatic rings. The van der Waals surface area contributed by atoms with E-state index in [1.807, 2.05) is 48.5 Å². The molecule has 0 bridgehead atoms. The van der Waals surface area contributed by atoms with Gasteiger partial charge in [-0.15, -0.1) is 5.10 Å². The Bertz CT molecular complexity index is 963. The van der Waals surface area contributed by atoms with Gasteiger partial charge in [-0.3, -0.25) is 5.32 Å². The van der Waals surface area contributed by atoms with E-state index in [1.165, 1.54) is 0 Å². The first kappa shape index (κ1) is 16.2. The van der Waals surface area contributed by atoms with Crippen molar-refractivity contribution in [2.24, 2.45) is 0 Å². The third-order valence-electron chi connectivity index (χ3n) is 4.29. The Balaban J connectivity index is 1.73. The Morgan fingerprint density at radius 2 is 1.81 bits per heavy atom. The van der Waals surface area contributed by atoms with Crippen LogP contribution in [0.1, 0.15) is 28.8 Å². The van der Waals surface area contributed by atoms with Crippen molar-refractivity contribution in [3.63, 3.8) is 0 Å². The Kier molecular flexibility index (Phi) is 4.57. The standard InChI is InChI=1S/C20H19N5O/c1-15-8-5-6-12-18(15)25-20(22-23-24-25)19(16-9-3-2-4-10-16)21-14-17-11-7-13-26-17/h2-13,19,21H,14H2,1H3/t19-/m0/s1. The van der Waals surface area contributed by atoms with E-state index in [2.05, 4.69) is 46.0 Å². The lowest BCUT2D eigenvalue weighted by Gasteiger charge is -2.18. The minimum atomic E-state index is -0.170. The minimum Gasteiger partial charge on any atom is -0.468 e. The van der Waals surface area contributed by atoms with Crippen molar-refractivity contribution in [3.8, 4) is 5.69 Å². The highest BCUT2D eigenvalue weighted by Crippen LogP contribution is 2.23. The van der Waals surface area contributed by atoms with Crippen LogP contribution in [-0.2, 0) is 6.54 Å². The lowest BCUT2D eigenvalue weighted by Crippen LogP contribution is -2.25. The van der Waals surface area contributed by atoms with E-state index >= 15 is 0 Å². The molecule has 1 atom stereocenters. The molecule has 0 saturated heterocycles. The Morgan fingerprint density at radius 1 is 1.00 bits per heavy atom. The first-order valence-corrected chi connectivity index (χ1v) is 8.48. The van der Waals surface area contributed by atoms with Crippen LogP contribution in [-0.4, -0.2) is 20.2 Å². The molecule has 2 aromatic carbocycles. The summed E-state index contributed by atoms with van der Waals surface area (Å²) in [5.41, 5.74) is 3.16. The van der Waals surface area contributed by atoms with Crippen molar-refractivity contribution in [1.29, 1.82) is 0 Å². The van der Waals surface area contributed by atoms with Gasteiger partial charge < -0.3 is 4.42 Å². The topological polar surface area (TPSA) is 68.8 Å². The van der Waals surface area contributed by atoms with Gasteiger partial charge >= 0.3 is 0 Å². The van der Waals surface area contributed by atoms with Crippen LogP contribution in [0.3, 0.4) is 0 Å². The number of rotatable bonds is 6. The molecule has 130 valence electrons. The molecule has 2 heterocycles. The molecule has 0 spiro atoms. The van der Waals surface area contributed by atoms with Gasteiger partial charge in [0.2, 0.25) is 0 Å². The fourth-order valence-electron chi connectivity index (χ4n) is 2.97. The van der Waals surface area contributed by atoms with E-state index in [9.17, 15) is 0 Å². The van der Waals surface area contributed by atoms with Crippen LogP contribution in [0.2, 0.25) is 0 Å². The molecule has 4 aromatic rings. The van der Waals surface area contributed by atoms with Gasteiger partial charge in [-0.25, -0.2) is 0 Å². The first-order chi connectivity index (χ1) is 12.8. The highest BCUT2D eigenvalue weighted by molar-refractivity contribution is 5.40. The zero-order chi connectivity index (χ0) is 17.8. The number of aromatic nitrogens is 4. The van der Waals surface area contributed by atoms with Crippen LogP contribution in [0.5, 0.6) is 0 Å². The number of hydrogen-bond acceptors (Lipinski definition) is 5. The van der Waals surface area contributed by atoms with Gasteiger partial charge in [0.25, 0.3) is 0 Å². The molecule has 6 heteroatoms. The van der Waals surface area contributed by atoms with Crippen LogP contribution in [0.25, 0.3) is 5.69 Å². The van der Waals surface area contributed by atoms with Crippen LogP contribution < -0.4 is 5.32 Å². The summed E-state index contributed by atoms with van der Waals surface area (Å²) in [6.07, 6.45) is 1.67. The molecule has 6 nitrogen and oxygen atoms in total. The van der Waals surface area contributed by atoms with E-state index in [0.29, 0.717) is 6.54 Å². The van der Waals surface area contributed by atoms with Crippen molar-refractivity contribution in [2.45, 2.75) is 19.5 Å². The van der Waals surface area contributed by atoms with E-state index in [-0.39, 0.29) is 6.04 Å². The summed E-state index contributed by atoms with van der Waals surface area (Å²) in [4.78, 5) is 0. The fourth-order valence-corrected chi connectivity index (χ4v) is 2.97. The lowest BCUT2D eigenvalue weighted by molar-refractivity contribution is 0.460. The first-order valence-electron chi connectivity index (χ1n) is 8.48. The van der Waals surface area contributed by atoms with E-state index in [1.54, 1.807) is 10.9 Å². The summed E-state index contributed by atoms with van der Waals surface area (Å²) in [5, 5.41) is 16.0. The predicted octanol–water partition coefficient (Wildman–Crippen LogP) is 3.44. The molecule has 0 aliphatic heterocycles. The third-order valence-corrected chi connectivity index (χ3v) is 4.29. The van der Waals surface area contributed by atoms with Crippen LogP contribution in [0.4, 0.5) is 0 Å². The Labute approximate surface area is 151 Å². The maximum absolute atomic E-state index is 5.45. The molecule has 0 saturated carbocycles. The second-order valence-electron chi connectivity index (χ2n) is 6.04. The number of furan rings is 1. The molecular weight excluding hydrogens is 326 g/mol. The van der Waals surface area contributed by atoms with E-state index in [4.69, 9.17) is 4.42 Å². The molecule has 4 rings (SSSR count). The number of para-hydroxylation sites is 1. The Hall–Kier alpha value is -3.25. The molecule has 1 N–H and O–H groups in total. The summed E-state index contributed by atoms with van der Waals surface area (Å²) in [5.74, 6) is 1.60. The molecule has 0 unspecified atom stereocenters. The normalized spacial score (nSPS) is 12.2. The van der Waals surface area contributed by atoms with Crippen LogP contribution in [0.15, 0.2) is 77.4 Å². The van der Waals surface area contributed by atoms with Crippen molar-refractivity contribution < 1.29 is 4.42 Å². The average molecular weight is 345 g/mol. The predicted molar refractivity (Wildman–Crippen MR) is 97.7 cm³/mol. The third kappa shape index (κ3) is 3.27. The summed E-state index contributed by atoms with van der Waals surface area (Å²) in [6, 6.07) is 21.9. The zero-order valence-corrected chi connectivity index (χ0v) is 14.4. The van der Waals surface area contributed by atoms with Crippen molar-refractivity contribution in [1.82, 2.24) is 25.5 Å². The largest absolute Gasteiger partial charge is 0.468 e. The number of aryl methyl sites for hydroxylation is 1. The van der Waals surface area contributed by atoms with Crippen LogP contribution in [0, 0.1) is 6.92 Å². The van der Waals surface area contributed by atoms with Gasteiger partial charge in [0.05, 0.1) is 24.5 Å². The maximum Gasteiger partial charge on any atom is 0.178 e.